The van der Waals surface area contributed by atoms with Gasteiger partial charge in [0.1, 0.15) is 18.1 Å². The first-order valence-corrected chi connectivity index (χ1v) is 8.68. The summed E-state index contributed by atoms with van der Waals surface area (Å²) in [5, 5.41) is 3.06. The summed E-state index contributed by atoms with van der Waals surface area (Å²) in [6.45, 7) is 0.935. The van der Waals surface area contributed by atoms with Crippen LogP contribution in [-0.2, 0) is 16.8 Å². The molecule has 5 nitrogen and oxygen atoms in total. The van der Waals surface area contributed by atoms with E-state index in [0.717, 1.165) is 31.4 Å². The van der Waals surface area contributed by atoms with E-state index >= 15 is 0 Å². The van der Waals surface area contributed by atoms with Gasteiger partial charge in [0.2, 0.25) is 0 Å². The minimum Gasteiger partial charge on any atom is -0.496 e. The molecule has 1 amide bonds. The van der Waals surface area contributed by atoms with Gasteiger partial charge in [-0.3, -0.25) is 4.79 Å². The van der Waals surface area contributed by atoms with E-state index in [2.05, 4.69) is 11.4 Å². The Hall–Kier alpha value is -2.27. The second kappa shape index (κ2) is 7.74. The molecule has 5 heteroatoms. The van der Waals surface area contributed by atoms with Crippen molar-refractivity contribution in [3.05, 3.63) is 53.5 Å². The molecular weight excluding hydrogens is 318 g/mol. The lowest BCUT2D eigenvalue weighted by Crippen LogP contribution is -2.39. The highest BCUT2D eigenvalue weighted by Gasteiger charge is 2.38. The zero-order valence-corrected chi connectivity index (χ0v) is 14.8. The molecule has 1 heterocycles. The van der Waals surface area contributed by atoms with E-state index in [1.165, 1.54) is 5.56 Å². The van der Waals surface area contributed by atoms with E-state index in [-0.39, 0.29) is 11.3 Å². The van der Waals surface area contributed by atoms with Crippen molar-refractivity contribution in [3.63, 3.8) is 0 Å². The topological polar surface area (TPSA) is 60.7 Å². The Morgan fingerprint density at radius 1 is 1.16 bits per heavy atom. The minimum absolute atomic E-state index is 0.0792. The lowest BCUT2D eigenvalue weighted by molar-refractivity contribution is 0.0906. The molecule has 0 atom stereocenters. The summed E-state index contributed by atoms with van der Waals surface area (Å²) in [4.78, 5) is 12.5. The molecule has 0 unspecified atom stereocenters. The predicted molar refractivity (Wildman–Crippen MR) is 94.9 cm³/mol. The molecule has 1 aliphatic rings. The highest BCUT2D eigenvalue weighted by Crippen LogP contribution is 2.44. The van der Waals surface area contributed by atoms with Gasteiger partial charge in [-0.15, -0.1) is 0 Å². The van der Waals surface area contributed by atoms with Gasteiger partial charge < -0.3 is 19.2 Å². The smallest absolute Gasteiger partial charge is 0.287 e. The van der Waals surface area contributed by atoms with Crippen LogP contribution in [-0.4, -0.2) is 26.7 Å². The van der Waals surface area contributed by atoms with Gasteiger partial charge in [-0.1, -0.05) is 31.0 Å². The summed E-state index contributed by atoms with van der Waals surface area (Å²) in [6, 6.07) is 11.6. The number of methoxy groups -OCH3 is 2. The molecule has 25 heavy (non-hydrogen) atoms. The van der Waals surface area contributed by atoms with Crippen LogP contribution in [0.25, 0.3) is 0 Å². The normalized spacial score (nSPS) is 15.9. The zero-order chi connectivity index (χ0) is 17.7. The molecule has 0 spiro atoms. The monoisotopic (exact) mass is 343 g/mol. The standard InChI is InChI=1S/C20H25NO4/c1-23-13-15-9-10-18(25-15)19(22)21-14-20(11-5-6-12-20)16-7-3-4-8-17(16)24-2/h3-4,7-10H,5-6,11-14H2,1-2H3,(H,21,22). The van der Waals surface area contributed by atoms with Crippen LogP contribution in [0.4, 0.5) is 0 Å². The van der Waals surface area contributed by atoms with Crippen LogP contribution in [0, 0.1) is 0 Å². The molecule has 0 bridgehead atoms. The number of carbonyl (C=O) groups is 1. The lowest BCUT2D eigenvalue weighted by atomic mass is 9.78. The molecule has 0 radical (unpaired) electrons. The van der Waals surface area contributed by atoms with E-state index in [9.17, 15) is 4.79 Å². The van der Waals surface area contributed by atoms with Crippen molar-refractivity contribution in [3.8, 4) is 5.75 Å². The van der Waals surface area contributed by atoms with Crippen LogP contribution >= 0.6 is 0 Å². The van der Waals surface area contributed by atoms with Gasteiger partial charge in [0.25, 0.3) is 5.91 Å². The van der Waals surface area contributed by atoms with Crippen LogP contribution in [0.1, 0.15) is 47.6 Å². The summed E-state index contributed by atoms with van der Waals surface area (Å²) in [7, 11) is 3.29. The van der Waals surface area contributed by atoms with Crippen LogP contribution in [0.5, 0.6) is 5.75 Å². The first-order chi connectivity index (χ1) is 12.2. The van der Waals surface area contributed by atoms with Gasteiger partial charge in [0, 0.05) is 24.6 Å². The fraction of sp³-hybridized carbons (Fsp3) is 0.450. The van der Waals surface area contributed by atoms with Crippen molar-refractivity contribution in [2.45, 2.75) is 37.7 Å². The molecule has 0 aliphatic heterocycles. The van der Waals surface area contributed by atoms with E-state index < -0.39 is 0 Å². The summed E-state index contributed by atoms with van der Waals surface area (Å²) in [5.74, 6) is 1.66. The number of furan rings is 1. The summed E-state index contributed by atoms with van der Waals surface area (Å²) >= 11 is 0. The molecule has 1 aromatic carbocycles. The average molecular weight is 343 g/mol. The van der Waals surface area contributed by atoms with Gasteiger partial charge in [0.05, 0.1) is 7.11 Å². The van der Waals surface area contributed by atoms with E-state index in [1.807, 2.05) is 18.2 Å². The van der Waals surface area contributed by atoms with Crippen molar-refractivity contribution in [1.82, 2.24) is 5.32 Å². The number of para-hydroxylation sites is 1. The number of nitrogens with one attached hydrogen (secondary N) is 1. The Balaban J connectivity index is 1.75. The van der Waals surface area contributed by atoms with Crippen LogP contribution in [0.15, 0.2) is 40.8 Å². The third kappa shape index (κ3) is 3.71. The molecule has 2 aromatic rings. The Morgan fingerprint density at radius 3 is 2.64 bits per heavy atom. The minimum atomic E-state index is -0.191. The molecule has 1 fully saturated rings. The van der Waals surface area contributed by atoms with Crippen LogP contribution < -0.4 is 10.1 Å². The van der Waals surface area contributed by atoms with Crippen molar-refractivity contribution in [2.24, 2.45) is 0 Å². The second-order valence-corrected chi connectivity index (χ2v) is 6.57. The second-order valence-electron chi connectivity index (χ2n) is 6.57. The first kappa shape index (κ1) is 17.5. The summed E-state index contributed by atoms with van der Waals surface area (Å²) in [6.07, 6.45) is 4.40. The zero-order valence-electron chi connectivity index (χ0n) is 14.8. The average Bonchev–Trinajstić information content (AvgIpc) is 3.30. The Labute approximate surface area is 148 Å². The van der Waals surface area contributed by atoms with Crippen molar-refractivity contribution >= 4 is 5.91 Å². The third-order valence-corrected chi connectivity index (χ3v) is 5.00. The summed E-state index contributed by atoms with van der Waals surface area (Å²) in [5.41, 5.74) is 1.10. The maximum Gasteiger partial charge on any atom is 0.287 e. The number of carbonyl (C=O) groups excluding carboxylic acids is 1. The SMILES string of the molecule is COCc1ccc(C(=O)NCC2(c3ccccc3OC)CCCC2)o1. The number of rotatable bonds is 7. The fourth-order valence-electron chi connectivity index (χ4n) is 3.73. The highest BCUT2D eigenvalue weighted by atomic mass is 16.5. The van der Waals surface area contributed by atoms with Gasteiger partial charge in [-0.25, -0.2) is 0 Å². The lowest BCUT2D eigenvalue weighted by Gasteiger charge is -2.31. The first-order valence-electron chi connectivity index (χ1n) is 8.68. The number of hydrogen-bond acceptors (Lipinski definition) is 4. The van der Waals surface area contributed by atoms with Crippen molar-refractivity contribution in [2.75, 3.05) is 20.8 Å². The van der Waals surface area contributed by atoms with Crippen molar-refractivity contribution in [1.29, 1.82) is 0 Å². The summed E-state index contributed by atoms with van der Waals surface area (Å²) < 4.78 is 16.1. The number of amides is 1. The van der Waals surface area contributed by atoms with E-state index in [1.54, 1.807) is 26.4 Å². The number of benzene rings is 1. The molecule has 1 N–H and O–H groups in total. The van der Waals surface area contributed by atoms with Crippen LogP contribution in [0.2, 0.25) is 0 Å². The Bertz CT molecular complexity index is 716. The molecule has 1 aliphatic carbocycles. The number of ether oxygens (including phenoxy) is 2. The van der Waals surface area contributed by atoms with Gasteiger partial charge in [0.15, 0.2) is 5.76 Å². The Morgan fingerprint density at radius 2 is 1.92 bits per heavy atom. The molecule has 0 saturated heterocycles. The maximum absolute atomic E-state index is 12.5. The molecule has 3 rings (SSSR count). The highest BCUT2D eigenvalue weighted by molar-refractivity contribution is 5.91. The maximum atomic E-state index is 12.5. The largest absolute Gasteiger partial charge is 0.496 e. The fourth-order valence-corrected chi connectivity index (χ4v) is 3.73. The molecule has 1 saturated carbocycles. The third-order valence-electron chi connectivity index (χ3n) is 5.00. The predicted octanol–water partition coefficient (Wildman–Crippen LogP) is 3.68. The molecule has 1 aromatic heterocycles. The van der Waals surface area contributed by atoms with Gasteiger partial charge >= 0.3 is 0 Å². The van der Waals surface area contributed by atoms with Gasteiger partial charge in [-0.05, 0) is 31.0 Å². The van der Waals surface area contributed by atoms with Crippen molar-refractivity contribution < 1.29 is 18.7 Å². The van der Waals surface area contributed by atoms with Crippen LogP contribution in [0.3, 0.4) is 0 Å². The van der Waals surface area contributed by atoms with E-state index in [0.29, 0.717) is 24.7 Å². The Kier molecular flexibility index (Phi) is 5.43. The molecular formula is C20H25NO4. The quantitative estimate of drug-likeness (QED) is 0.833. The number of hydrogen-bond donors (Lipinski definition) is 1. The van der Waals surface area contributed by atoms with E-state index in [4.69, 9.17) is 13.9 Å². The molecule has 134 valence electrons. The van der Waals surface area contributed by atoms with Gasteiger partial charge in [-0.2, -0.15) is 0 Å².